The summed E-state index contributed by atoms with van der Waals surface area (Å²) in [6.07, 6.45) is 1.08. The Balaban J connectivity index is 1.80. The zero-order valence-corrected chi connectivity index (χ0v) is 17.8. The fourth-order valence-electron chi connectivity index (χ4n) is 4.56. The lowest BCUT2D eigenvalue weighted by atomic mass is 9.69. The molecule has 30 heavy (non-hydrogen) atoms. The Morgan fingerprint density at radius 3 is 2.60 bits per heavy atom. The molecule has 1 heterocycles. The number of nitriles is 1. The van der Waals surface area contributed by atoms with Crippen LogP contribution in [0.4, 0.5) is 0 Å². The van der Waals surface area contributed by atoms with E-state index in [1.54, 1.807) is 0 Å². The normalized spacial score (nSPS) is 23.5. The van der Waals surface area contributed by atoms with Crippen molar-refractivity contribution in [2.24, 2.45) is 10.9 Å². The van der Waals surface area contributed by atoms with E-state index in [2.05, 4.69) is 6.07 Å². The van der Waals surface area contributed by atoms with Gasteiger partial charge in [-0.2, -0.15) is 5.26 Å². The number of rotatable bonds is 4. The van der Waals surface area contributed by atoms with Gasteiger partial charge in [0.2, 0.25) is 0 Å². The highest BCUT2D eigenvalue weighted by atomic mass is 35.5. The summed E-state index contributed by atoms with van der Waals surface area (Å²) in [6.45, 7) is 4.33. The predicted octanol–water partition coefficient (Wildman–Crippen LogP) is 5.84. The van der Waals surface area contributed by atoms with Crippen LogP contribution in [-0.4, -0.2) is 18.1 Å². The van der Waals surface area contributed by atoms with Gasteiger partial charge in [0.1, 0.15) is 5.75 Å². The lowest BCUT2D eigenvalue weighted by Gasteiger charge is -2.35. The zero-order valence-electron chi connectivity index (χ0n) is 17.1. The summed E-state index contributed by atoms with van der Waals surface area (Å²) >= 11 is 6.03. The van der Waals surface area contributed by atoms with Crippen molar-refractivity contribution in [1.29, 1.82) is 5.26 Å². The van der Waals surface area contributed by atoms with Crippen molar-refractivity contribution in [3.05, 3.63) is 76.0 Å². The van der Waals surface area contributed by atoms with Crippen molar-refractivity contribution in [3.63, 3.8) is 0 Å². The van der Waals surface area contributed by atoms with Crippen LogP contribution in [0.25, 0.3) is 0 Å². The van der Waals surface area contributed by atoms with Gasteiger partial charge in [-0.15, -0.1) is 0 Å². The summed E-state index contributed by atoms with van der Waals surface area (Å²) in [7, 11) is 0. The van der Waals surface area contributed by atoms with Gasteiger partial charge in [0.15, 0.2) is 5.78 Å². The highest BCUT2D eigenvalue weighted by molar-refractivity contribution is 6.30. The van der Waals surface area contributed by atoms with E-state index in [0.29, 0.717) is 30.0 Å². The molecule has 0 bridgehead atoms. The van der Waals surface area contributed by atoms with Gasteiger partial charge in [0.25, 0.3) is 0 Å². The molecule has 0 aromatic heterocycles. The number of ether oxygens (including phenoxy) is 1. The number of ketones is 1. The lowest BCUT2D eigenvalue weighted by Crippen LogP contribution is -2.32. The molecule has 0 radical (unpaired) electrons. The third-order valence-electron chi connectivity index (χ3n) is 5.92. The molecule has 2 aromatic carbocycles. The van der Waals surface area contributed by atoms with Crippen LogP contribution >= 0.6 is 11.6 Å². The standard InChI is InChI=1S/C25H23ClN2O2/c1-3-30-23-7-5-4-6-19(23)24-20(14-27)15(2)28-21-12-17(13-22(29)25(21)24)16-8-10-18(26)11-9-16/h4-11,17,20,24H,3,12-13H2,1-2H3/t17-,20?,24+/m1/s1. The first-order chi connectivity index (χ1) is 14.5. The molecule has 0 saturated heterocycles. The molecule has 1 unspecified atom stereocenters. The van der Waals surface area contributed by atoms with Crippen LogP contribution in [0, 0.1) is 17.2 Å². The molecule has 0 saturated carbocycles. The second-order valence-corrected chi connectivity index (χ2v) is 8.19. The van der Waals surface area contributed by atoms with Crippen LogP contribution in [0.2, 0.25) is 5.02 Å². The minimum Gasteiger partial charge on any atom is -0.494 e. The average Bonchev–Trinajstić information content (AvgIpc) is 2.74. The van der Waals surface area contributed by atoms with Crippen molar-refractivity contribution in [3.8, 4) is 11.8 Å². The molecule has 1 aliphatic heterocycles. The Labute approximate surface area is 181 Å². The molecule has 1 aliphatic carbocycles. The maximum absolute atomic E-state index is 13.4. The Morgan fingerprint density at radius 2 is 1.90 bits per heavy atom. The number of carbonyl (C=O) groups is 1. The van der Waals surface area contributed by atoms with Gasteiger partial charge >= 0.3 is 0 Å². The Kier molecular flexibility index (Phi) is 5.74. The summed E-state index contributed by atoms with van der Waals surface area (Å²) in [6, 6.07) is 17.8. The molecule has 4 nitrogen and oxygen atoms in total. The zero-order chi connectivity index (χ0) is 21.3. The van der Waals surface area contributed by atoms with E-state index in [0.717, 1.165) is 28.3 Å². The van der Waals surface area contributed by atoms with Gasteiger partial charge < -0.3 is 4.74 Å². The van der Waals surface area contributed by atoms with Crippen LogP contribution in [0.3, 0.4) is 0 Å². The number of nitrogens with zero attached hydrogens (tertiary/aromatic N) is 2. The molecule has 2 aliphatic rings. The molecular weight excluding hydrogens is 396 g/mol. The predicted molar refractivity (Wildman–Crippen MR) is 118 cm³/mol. The van der Waals surface area contributed by atoms with E-state index < -0.39 is 5.92 Å². The number of benzene rings is 2. The van der Waals surface area contributed by atoms with E-state index in [-0.39, 0.29) is 17.6 Å². The molecule has 0 spiro atoms. The third-order valence-corrected chi connectivity index (χ3v) is 6.17. The van der Waals surface area contributed by atoms with Gasteiger partial charge in [-0.3, -0.25) is 9.79 Å². The number of Topliss-reactive ketones (excluding diaryl/α,β-unsaturated/α-hetero) is 1. The van der Waals surface area contributed by atoms with Crippen molar-refractivity contribution in [2.45, 2.75) is 38.5 Å². The number of hydrogen-bond donors (Lipinski definition) is 0. The van der Waals surface area contributed by atoms with E-state index in [4.69, 9.17) is 21.3 Å². The first-order valence-corrected chi connectivity index (χ1v) is 10.6. The van der Waals surface area contributed by atoms with Crippen molar-refractivity contribution < 1.29 is 9.53 Å². The van der Waals surface area contributed by atoms with E-state index >= 15 is 0 Å². The molecule has 4 rings (SSSR count). The number of allylic oxidation sites excluding steroid dienone is 2. The maximum Gasteiger partial charge on any atom is 0.161 e. The topological polar surface area (TPSA) is 62.4 Å². The SMILES string of the molecule is CCOc1ccccc1[C@@H]1C2=C(C[C@@H](c3ccc(Cl)cc3)CC2=O)N=C(C)C1C#N. The second kappa shape index (κ2) is 8.45. The van der Waals surface area contributed by atoms with Crippen LogP contribution in [0.15, 0.2) is 64.8 Å². The monoisotopic (exact) mass is 418 g/mol. The molecule has 2 aromatic rings. The Morgan fingerprint density at radius 1 is 1.17 bits per heavy atom. The molecule has 5 heteroatoms. The number of hydrogen-bond acceptors (Lipinski definition) is 4. The maximum atomic E-state index is 13.4. The van der Waals surface area contributed by atoms with Gasteiger partial charge in [0, 0.05) is 39.9 Å². The fraction of sp³-hybridized carbons (Fsp3) is 0.320. The van der Waals surface area contributed by atoms with Gasteiger partial charge in [-0.1, -0.05) is 41.9 Å². The van der Waals surface area contributed by atoms with Gasteiger partial charge in [-0.05, 0) is 49.9 Å². The van der Waals surface area contributed by atoms with Crippen LogP contribution < -0.4 is 4.74 Å². The minimum atomic E-state index is -0.485. The smallest absolute Gasteiger partial charge is 0.161 e. The molecule has 0 N–H and O–H groups in total. The number of aliphatic imine (C=N–C) groups is 1. The van der Waals surface area contributed by atoms with Crippen molar-refractivity contribution >= 4 is 23.1 Å². The number of carbonyl (C=O) groups excluding carboxylic acids is 1. The molecular formula is C25H23ClN2O2. The minimum absolute atomic E-state index is 0.0593. The Hall–Kier alpha value is -2.90. The summed E-state index contributed by atoms with van der Waals surface area (Å²) < 4.78 is 5.84. The average molecular weight is 419 g/mol. The van der Waals surface area contributed by atoms with Gasteiger partial charge in [0.05, 0.1) is 18.6 Å². The molecule has 3 atom stereocenters. The second-order valence-electron chi connectivity index (χ2n) is 7.75. The molecule has 152 valence electrons. The fourth-order valence-corrected chi connectivity index (χ4v) is 4.68. The van der Waals surface area contributed by atoms with Crippen LogP contribution in [-0.2, 0) is 4.79 Å². The highest BCUT2D eigenvalue weighted by Gasteiger charge is 2.42. The van der Waals surface area contributed by atoms with Crippen molar-refractivity contribution in [2.75, 3.05) is 6.61 Å². The van der Waals surface area contributed by atoms with Crippen LogP contribution in [0.1, 0.15) is 49.7 Å². The quantitative estimate of drug-likeness (QED) is 0.626. The summed E-state index contributed by atoms with van der Waals surface area (Å²) in [5.41, 5.74) is 4.18. The first kappa shape index (κ1) is 20.4. The van der Waals surface area contributed by atoms with Crippen molar-refractivity contribution in [1.82, 2.24) is 0 Å². The molecule has 0 fully saturated rings. The summed E-state index contributed by atoms with van der Waals surface area (Å²) in [5, 5.41) is 10.6. The summed E-state index contributed by atoms with van der Waals surface area (Å²) in [4.78, 5) is 18.1. The van der Waals surface area contributed by atoms with E-state index in [1.165, 1.54) is 0 Å². The number of halogens is 1. The highest BCUT2D eigenvalue weighted by Crippen LogP contribution is 2.48. The third kappa shape index (κ3) is 3.66. The van der Waals surface area contributed by atoms with Crippen LogP contribution in [0.5, 0.6) is 5.75 Å². The lowest BCUT2D eigenvalue weighted by molar-refractivity contribution is -0.116. The van der Waals surface area contributed by atoms with E-state index in [1.807, 2.05) is 62.4 Å². The van der Waals surface area contributed by atoms with Gasteiger partial charge in [-0.25, -0.2) is 0 Å². The Bertz CT molecular complexity index is 1080. The summed E-state index contributed by atoms with van der Waals surface area (Å²) in [5.74, 6) is 0.000204. The first-order valence-electron chi connectivity index (χ1n) is 10.2. The molecule has 0 amide bonds. The largest absolute Gasteiger partial charge is 0.494 e. The van der Waals surface area contributed by atoms with E-state index in [9.17, 15) is 10.1 Å². The number of para-hydroxylation sites is 1.